The van der Waals surface area contributed by atoms with Gasteiger partial charge in [-0.05, 0) is 44.4 Å². The molecule has 0 saturated heterocycles. The van der Waals surface area contributed by atoms with Gasteiger partial charge in [-0.15, -0.1) is 11.3 Å². The number of aromatic nitrogens is 5. The Morgan fingerprint density at radius 2 is 1.86 bits per heavy atom. The lowest BCUT2D eigenvalue weighted by molar-refractivity contribution is -0.0431. The Labute approximate surface area is 248 Å². The number of rotatable bonds is 10. The van der Waals surface area contributed by atoms with Gasteiger partial charge >= 0.3 is 12.1 Å². The molecule has 2 atom stereocenters. The predicted octanol–water partition coefficient (Wildman–Crippen LogP) is 5.07. The highest BCUT2D eigenvalue weighted by Gasteiger charge is 2.37. The lowest BCUT2D eigenvalue weighted by atomic mass is 9.92. The van der Waals surface area contributed by atoms with Gasteiger partial charge in [0, 0.05) is 17.7 Å². The smallest absolute Gasteiger partial charge is 0.412 e. The molecule has 3 heterocycles. The summed E-state index contributed by atoms with van der Waals surface area (Å²) in [6.45, 7) is 4.23. The quantitative estimate of drug-likeness (QED) is 0.219. The van der Waals surface area contributed by atoms with Crippen LogP contribution in [0.2, 0.25) is 0 Å². The van der Waals surface area contributed by atoms with Gasteiger partial charge in [-0.3, -0.25) is 5.32 Å². The second-order valence-corrected chi connectivity index (χ2v) is 10.8. The molecule has 0 unspecified atom stereocenters. The maximum absolute atomic E-state index is 15.1. The Morgan fingerprint density at radius 3 is 2.60 bits per heavy atom. The number of hydrogen-bond acceptors (Lipinski definition) is 12. The number of nitrogens with zero attached hydrogens (tertiary/aromatic N) is 5. The summed E-state index contributed by atoms with van der Waals surface area (Å²) in [6.07, 6.45) is 3.69. The molecule has 1 aliphatic carbocycles. The van der Waals surface area contributed by atoms with Crippen molar-refractivity contribution in [2.24, 2.45) is 0 Å². The number of carbonyl (C=O) groups excluding carboxylic acids is 1. The van der Waals surface area contributed by atoms with Gasteiger partial charge in [-0.1, -0.05) is 0 Å². The van der Waals surface area contributed by atoms with Crippen LogP contribution in [0.4, 0.5) is 14.9 Å². The molecule has 1 fully saturated rings. The standard InChI is InChI=1S/C29H27FN6O6S/c1-3-39-25-14-31-26-17(8-15(2)9-20(26)35-25)27-36-19-10-18(30)23(11-24(19)43-27)41-21-4-5-22(21)42-29(38)34-16-12-32-28(33-13-16)40-7-6-37/h8-14,21-22,37H,3-7H2,1-2H3,(H,34,38)/t21-,22+/m1/s1. The third-order valence-corrected chi connectivity index (χ3v) is 7.67. The fourth-order valence-corrected chi connectivity index (χ4v) is 5.51. The Kier molecular flexibility index (Phi) is 8.11. The number of anilines is 1. The highest BCUT2D eigenvalue weighted by molar-refractivity contribution is 7.21. The number of thiazole rings is 1. The van der Waals surface area contributed by atoms with E-state index in [1.54, 1.807) is 12.3 Å². The topological polar surface area (TPSA) is 151 Å². The van der Waals surface area contributed by atoms with Crippen LogP contribution in [0.5, 0.6) is 17.6 Å². The van der Waals surface area contributed by atoms with E-state index in [2.05, 4.69) is 30.2 Å². The molecule has 0 bridgehead atoms. The molecule has 3 aromatic heterocycles. The monoisotopic (exact) mass is 606 g/mol. The van der Waals surface area contributed by atoms with Crippen molar-refractivity contribution in [2.45, 2.75) is 38.9 Å². The van der Waals surface area contributed by atoms with E-state index < -0.39 is 24.1 Å². The fourth-order valence-electron chi connectivity index (χ4n) is 4.51. The van der Waals surface area contributed by atoms with Crippen molar-refractivity contribution < 1.29 is 33.2 Å². The SMILES string of the molecule is CCOc1cnc2c(-c3nc4cc(F)c(O[C@@H]5CC[C@@H]5OC(=O)Nc5cnc(OCCO)nc5)cc4s3)cc(C)cc2n1. The molecule has 5 aromatic rings. The molecule has 12 nitrogen and oxygen atoms in total. The summed E-state index contributed by atoms with van der Waals surface area (Å²) in [6, 6.07) is 6.95. The molecular weight excluding hydrogens is 579 g/mol. The zero-order chi connectivity index (χ0) is 29.9. The molecule has 0 aliphatic heterocycles. The first-order valence-corrected chi connectivity index (χ1v) is 14.4. The van der Waals surface area contributed by atoms with E-state index in [4.69, 9.17) is 24.1 Å². The van der Waals surface area contributed by atoms with Crippen molar-refractivity contribution in [3.05, 3.63) is 54.2 Å². The van der Waals surface area contributed by atoms with Crippen LogP contribution in [0.1, 0.15) is 25.3 Å². The first kappa shape index (κ1) is 28.4. The molecule has 2 N–H and O–H groups in total. The van der Waals surface area contributed by atoms with Crippen molar-refractivity contribution in [1.29, 1.82) is 0 Å². The van der Waals surface area contributed by atoms with E-state index in [-0.39, 0.29) is 25.0 Å². The normalized spacial score (nSPS) is 16.1. The Bertz CT molecular complexity index is 1790. The van der Waals surface area contributed by atoms with E-state index in [1.165, 1.54) is 29.8 Å². The summed E-state index contributed by atoms with van der Waals surface area (Å²) in [7, 11) is 0. The largest absolute Gasteiger partial charge is 0.483 e. The Morgan fingerprint density at radius 1 is 1.05 bits per heavy atom. The van der Waals surface area contributed by atoms with Gasteiger partial charge in [0.2, 0.25) is 5.88 Å². The maximum Gasteiger partial charge on any atom is 0.412 e. The van der Waals surface area contributed by atoms with E-state index in [0.29, 0.717) is 52.6 Å². The number of aliphatic hydroxyl groups is 1. The van der Waals surface area contributed by atoms with Gasteiger partial charge in [0.25, 0.3) is 0 Å². The summed E-state index contributed by atoms with van der Waals surface area (Å²) >= 11 is 1.40. The maximum atomic E-state index is 15.1. The molecular formula is C29H27FN6O6S. The van der Waals surface area contributed by atoms with Gasteiger partial charge in [-0.2, -0.15) is 0 Å². The molecule has 1 amide bonds. The number of aryl methyl sites for hydroxylation is 1. The highest BCUT2D eigenvalue weighted by atomic mass is 32.1. The average Bonchev–Trinajstić information content (AvgIpc) is 3.39. The van der Waals surface area contributed by atoms with Crippen molar-refractivity contribution in [2.75, 3.05) is 25.1 Å². The van der Waals surface area contributed by atoms with Gasteiger partial charge in [-0.25, -0.2) is 34.1 Å². The molecule has 1 aliphatic rings. The number of halogens is 1. The van der Waals surface area contributed by atoms with Gasteiger partial charge < -0.3 is 24.1 Å². The number of hydrogen-bond donors (Lipinski definition) is 2. The summed E-state index contributed by atoms with van der Waals surface area (Å²) in [5, 5.41) is 12.0. The van der Waals surface area contributed by atoms with Gasteiger partial charge in [0.15, 0.2) is 11.6 Å². The Hall–Kier alpha value is -4.69. The molecule has 2 aromatic carbocycles. The molecule has 6 rings (SSSR count). The lowest BCUT2D eigenvalue weighted by Gasteiger charge is -2.35. The summed E-state index contributed by atoms with van der Waals surface area (Å²) in [5.74, 6) is -0.0533. The van der Waals surface area contributed by atoms with Crippen molar-refractivity contribution >= 4 is 44.4 Å². The molecule has 14 heteroatoms. The van der Waals surface area contributed by atoms with Crippen LogP contribution in [0.25, 0.3) is 31.8 Å². The minimum atomic E-state index is -0.712. The summed E-state index contributed by atoms with van der Waals surface area (Å²) < 4.78 is 37.9. The van der Waals surface area contributed by atoms with Crippen molar-refractivity contribution in [3.63, 3.8) is 0 Å². The van der Waals surface area contributed by atoms with Crippen molar-refractivity contribution in [3.8, 4) is 28.2 Å². The van der Waals surface area contributed by atoms with Crippen LogP contribution in [0.3, 0.4) is 0 Å². The van der Waals surface area contributed by atoms with Crippen LogP contribution in [0, 0.1) is 12.7 Å². The van der Waals surface area contributed by atoms with Crippen molar-refractivity contribution in [1.82, 2.24) is 24.9 Å². The number of nitrogens with one attached hydrogen (secondary N) is 1. The second-order valence-electron chi connectivity index (χ2n) is 9.72. The number of aliphatic hydroxyl groups excluding tert-OH is 1. The summed E-state index contributed by atoms with van der Waals surface area (Å²) in [4.78, 5) is 34.1. The minimum absolute atomic E-state index is 0.0588. The van der Waals surface area contributed by atoms with Gasteiger partial charge in [0.05, 0.1) is 58.7 Å². The van der Waals surface area contributed by atoms with Gasteiger partial charge in [0.1, 0.15) is 23.8 Å². The number of fused-ring (bicyclic) bond motifs is 2. The molecule has 0 spiro atoms. The number of ether oxygens (including phenoxy) is 4. The molecule has 222 valence electrons. The third kappa shape index (κ3) is 6.24. The highest BCUT2D eigenvalue weighted by Crippen LogP contribution is 2.38. The van der Waals surface area contributed by atoms with E-state index in [1.807, 2.05) is 26.0 Å². The molecule has 1 saturated carbocycles. The average molecular weight is 607 g/mol. The Balaban J connectivity index is 1.15. The fraction of sp³-hybridized carbons (Fsp3) is 0.310. The molecule has 43 heavy (non-hydrogen) atoms. The van der Waals surface area contributed by atoms with E-state index in [9.17, 15) is 4.79 Å². The first-order chi connectivity index (χ1) is 20.9. The predicted molar refractivity (Wildman–Crippen MR) is 156 cm³/mol. The number of carbonyl (C=O) groups is 1. The lowest BCUT2D eigenvalue weighted by Crippen LogP contribution is -2.45. The summed E-state index contributed by atoms with van der Waals surface area (Å²) in [5.41, 5.74) is 3.94. The van der Waals surface area contributed by atoms with Crippen LogP contribution >= 0.6 is 11.3 Å². The van der Waals surface area contributed by atoms with Crippen LogP contribution in [-0.2, 0) is 4.74 Å². The zero-order valence-corrected chi connectivity index (χ0v) is 24.1. The third-order valence-electron chi connectivity index (χ3n) is 6.62. The van der Waals surface area contributed by atoms with Crippen LogP contribution in [0.15, 0.2) is 42.9 Å². The number of amides is 1. The van der Waals surface area contributed by atoms with Crippen LogP contribution < -0.4 is 19.5 Å². The van der Waals surface area contributed by atoms with E-state index in [0.717, 1.165) is 15.8 Å². The molecule has 0 radical (unpaired) electrons. The second kappa shape index (κ2) is 12.3. The zero-order valence-electron chi connectivity index (χ0n) is 23.2. The minimum Gasteiger partial charge on any atom is -0.483 e. The first-order valence-electron chi connectivity index (χ1n) is 13.6. The number of benzene rings is 2. The van der Waals surface area contributed by atoms with E-state index >= 15 is 4.39 Å². The van der Waals surface area contributed by atoms with Crippen LogP contribution in [-0.4, -0.2) is 68.1 Å².